The molecule has 2 N–H and O–H groups in total. The van der Waals surface area contributed by atoms with Gasteiger partial charge in [0, 0.05) is 0 Å². The molecular weight excluding hydrogens is 320 g/mol. The van der Waals surface area contributed by atoms with E-state index >= 15 is 0 Å². The van der Waals surface area contributed by atoms with Gasteiger partial charge < -0.3 is 10.2 Å². The van der Waals surface area contributed by atoms with Gasteiger partial charge in [0.25, 0.3) is 0 Å². The minimum absolute atomic E-state index is 0.222. The van der Waals surface area contributed by atoms with Crippen LogP contribution in [0.3, 0.4) is 0 Å². The number of carboxylic acids is 1. The third-order valence-corrected chi connectivity index (χ3v) is 5.77. The van der Waals surface area contributed by atoms with Crippen LogP contribution in [0.4, 0.5) is 0 Å². The first-order valence-corrected chi connectivity index (χ1v) is 7.84. The zero-order chi connectivity index (χ0) is 15.1. The van der Waals surface area contributed by atoms with Crippen molar-refractivity contribution in [2.75, 3.05) is 0 Å². The maximum atomic E-state index is 12.0. The first-order chi connectivity index (χ1) is 9.33. The summed E-state index contributed by atoms with van der Waals surface area (Å²) in [6, 6.07) is 0. The Morgan fingerprint density at radius 3 is 2.10 bits per heavy atom. The van der Waals surface area contributed by atoms with Gasteiger partial charge in [-0.1, -0.05) is 19.3 Å². The molecule has 0 radical (unpaired) electrons. The number of aromatic hydroxyl groups is 1. The number of phenolic OH excluding ortho intramolecular Hbond substituents is 1. The molecule has 3 nitrogen and oxygen atoms in total. The largest absolute Gasteiger partial charge is 0.506 e. The monoisotopic (exact) mass is 340 g/mol. The van der Waals surface area contributed by atoms with E-state index in [0.29, 0.717) is 17.3 Å². The van der Waals surface area contributed by atoms with Crippen LogP contribution in [-0.2, 0) is 10.2 Å². The first kappa shape index (κ1) is 15.4. The molecule has 1 aliphatic rings. The number of aliphatic carboxylic acids is 1. The van der Waals surface area contributed by atoms with Gasteiger partial charge in [-0.3, -0.25) is 4.79 Å². The summed E-state index contributed by atoms with van der Waals surface area (Å²) < 4.78 is 0.627. The first-order valence-electron chi connectivity index (χ1n) is 7.05. The molecule has 110 valence electrons. The summed E-state index contributed by atoms with van der Waals surface area (Å²) in [5.74, 6) is -0.513. The Morgan fingerprint density at radius 2 is 1.60 bits per heavy atom. The van der Waals surface area contributed by atoms with Crippen LogP contribution in [0.25, 0.3) is 0 Å². The summed E-state index contributed by atoms with van der Waals surface area (Å²) >= 11 is 3.41. The fourth-order valence-electron chi connectivity index (χ4n) is 3.54. The molecule has 0 atom stereocenters. The molecule has 0 saturated heterocycles. The number of hydrogen-bond acceptors (Lipinski definition) is 2. The topological polar surface area (TPSA) is 57.5 Å². The second kappa shape index (κ2) is 5.40. The Labute approximate surface area is 128 Å². The van der Waals surface area contributed by atoms with E-state index < -0.39 is 11.4 Å². The van der Waals surface area contributed by atoms with Gasteiger partial charge in [0.05, 0.1) is 9.89 Å². The maximum Gasteiger partial charge on any atom is 0.314 e. The van der Waals surface area contributed by atoms with Gasteiger partial charge in [0.15, 0.2) is 0 Å². The average molecular weight is 341 g/mol. The van der Waals surface area contributed by atoms with Gasteiger partial charge in [0.1, 0.15) is 5.75 Å². The lowest BCUT2D eigenvalue weighted by Gasteiger charge is -2.37. The lowest BCUT2D eigenvalue weighted by Crippen LogP contribution is -2.39. The van der Waals surface area contributed by atoms with E-state index in [2.05, 4.69) is 15.9 Å². The minimum atomic E-state index is -0.798. The highest BCUT2D eigenvalue weighted by Crippen LogP contribution is 2.47. The zero-order valence-electron chi connectivity index (χ0n) is 12.2. The van der Waals surface area contributed by atoms with E-state index in [4.69, 9.17) is 0 Å². The second-order valence-corrected chi connectivity index (χ2v) is 6.65. The van der Waals surface area contributed by atoms with Crippen LogP contribution < -0.4 is 0 Å². The maximum absolute atomic E-state index is 12.0. The minimum Gasteiger partial charge on any atom is -0.506 e. The van der Waals surface area contributed by atoms with Gasteiger partial charge in [-0.25, -0.2) is 0 Å². The van der Waals surface area contributed by atoms with Crippen LogP contribution in [0.1, 0.15) is 54.4 Å². The summed E-state index contributed by atoms with van der Waals surface area (Å²) in [5, 5.41) is 20.0. The van der Waals surface area contributed by atoms with Crippen molar-refractivity contribution in [1.29, 1.82) is 0 Å². The quantitative estimate of drug-likeness (QED) is 0.840. The van der Waals surface area contributed by atoms with Crippen molar-refractivity contribution in [2.24, 2.45) is 0 Å². The third kappa shape index (κ3) is 2.14. The highest BCUT2D eigenvalue weighted by molar-refractivity contribution is 9.10. The van der Waals surface area contributed by atoms with Gasteiger partial charge in [-0.05, 0) is 71.8 Å². The van der Waals surface area contributed by atoms with E-state index in [-0.39, 0.29) is 5.75 Å². The lowest BCUT2D eigenvalue weighted by atomic mass is 9.66. The van der Waals surface area contributed by atoms with Crippen LogP contribution >= 0.6 is 15.9 Å². The molecule has 4 heteroatoms. The molecule has 0 bridgehead atoms. The standard InChI is InChI=1S/C16H21BrO3/c1-9-10(2)14(18)13(17)11(3)12(9)16(15(19)20)7-5-4-6-8-16/h18H,4-8H2,1-3H3,(H,19,20). The fraction of sp³-hybridized carbons (Fsp3) is 0.562. The Kier molecular flexibility index (Phi) is 4.14. The summed E-state index contributed by atoms with van der Waals surface area (Å²) in [6.07, 6.45) is 4.36. The van der Waals surface area contributed by atoms with E-state index in [0.717, 1.165) is 41.5 Å². The molecule has 1 aliphatic carbocycles. The highest BCUT2D eigenvalue weighted by Gasteiger charge is 2.44. The molecule has 1 saturated carbocycles. The predicted molar refractivity (Wildman–Crippen MR) is 82.4 cm³/mol. The molecule has 0 spiro atoms. The molecule has 0 aliphatic heterocycles. The number of carboxylic acid groups (broad SMARTS) is 1. The van der Waals surface area contributed by atoms with Gasteiger partial charge in [-0.15, -0.1) is 0 Å². The van der Waals surface area contributed by atoms with Crippen LogP contribution in [0.5, 0.6) is 5.75 Å². The van der Waals surface area contributed by atoms with Crippen LogP contribution in [0, 0.1) is 20.8 Å². The molecule has 0 amide bonds. The SMILES string of the molecule is Cc1c(C)c(C2(C(=O)O)CCCCC2)c(C)c(Br)c1O. The Hall–Kier alpha value is -1.03. The number of carbonyl (C=O) groups is 1. The smallest absolute Gasteiger partial charge is 0.314 e. The van der Waals surface area contributed by atoms with Crippen molar-refractivity contribution in [3.05, 3.63) is 26.7 Å². The number of halogens is 1. The van der Waals surface area contributed by atoms with Crippen LogP contribution in [0.2, 0.25) is 0 Å². The van der Waals surface area contributed by atoms with Crippen molar-refractivity contribution in [3.8, 4) is 5.75 Å². The molecule has 20 heavy (non-hydrogen) atoms. The second-order valence-electron chi connectivity index (χ2n) is 5.86. The predicted octanol–water partition coefficient (Wildman–Crippen LogP) is 4.37. The molecule has 1 aromatic carbocycles. The van der Waals surface area contributed by atoms with Gasteiger partial charge in [0.2, 0.25) is 0 Å². The molecule has 1 aromatic rings. The molecular formula is C16H21BrO3. The van der Waals surface area contributed by atoms with Crippen molar-refractivity contribution >= 4 is 21.9 Å². The van der Waals surface area contributed by atoms with Gasteiger partial charge in [-0.2, -0.15) is 0 Å². The summed E-state index contributed by atoms with van der Waals surface area (Å²) in [5.41, 5.74) is 2.63. The van der Waals surface area contributed by atoms with Crippen molar-refractivity contribution in [2.45, 2.75) is 58.3 Å². The summed E-state index contributed by atoms with van der Waals surface area (Å²) in [7, 11) is 0. The average Bonchev–Trinajstić information content (AvgIpc) is 2.44. The van der Waals surface area contributed by atoms with E-state index in [1.807, 2.05) is 20.8 Å². The number of rotatable bonds is 2. The molecule has 0 unspecified atom stereocenters. The van der Waals surface area contributed by atoms with Crippen molar-refractivity contribution < 1.29 is 15.0 Å². The Bertz CT molecular complexity index is 528. The van der Waals surface area contributed by atoms with E-state index in [1.54, 1.807) is 0 Å². The van der Waals surface area contributed by atoms with Crippen LogP contribution in [0.15, 0.2) is 4.47 Å². The Balaban J connectivity index is 2.75. The summed E-state index contributed by atoms with van der Waals surface area (Å²) in [4.78, 5) is 12.0. The lowest BCUT2D eigenvalue weighted by molar-refractivity contribution is -0.145. The Morgan fingerprint density at radius 1 is 1.05 bits per heavy atom. The molecule has 0 aromatic heterocycles. The summed E-state index contributed by atoms with van der Waals surface area (Å²) in [6.45, 7) is 5.66. The number of phenols is 1. The van der Waals surface area contributed by atoms with Crippen molar-refractivity contribution in [1.82, 2.24) is 0 Å². The van der Waals surface area contributed by atoms with Crippen molar-refractivity contribution in [3.63, 3.8) is 0 Å². The van der Waals surface area contributed by atoms with Gasteiger partial charge >= 0.3 is 5.97 Å². The normalized spacial score (nSPS) is 18.0. The molecule has 2 rings (SSSR count). The van der Waals surface area contributed by atoms with E-state index in [9.17, 15) is 15.0 Å². The molecule has 1 fully saturated rings. The fourth-order valence-corrected chi connectivity index (χ4v) is 4.04. The number of benzene rings is 1. The molecule has 0 heterocycles. The van der Waals surface area contributed by atoms with E-state index in [1.165, 1.54) is 0 Å². The third-order valence-electron chi connectivity index (χ3n) is 4.80. The highest BCUT2D eigenvalue weighted by atomic mass is 79.9. The van der Waals surface area contributed by atoms with Crippen LogP contribution in [-0.4, -0.2) is 16.2 Å². The number of hydrogen-bond donors (Lipinski definition) is 2. The zero-order valence-corrected chi connectivity index (χ0v) is 13.8.